The average Bonchev–Trinajstić information content (AvgIpc) is 2.17. The summed E-state index contributed by atoms with van der Waals surface area (Å²) in [4.78, 5) is 11.0. The summed E-state index contributed by atoms with van der Waals surface area (Å²) in [6.07, 6.45) is 1.56. The number of carboxylic acids is 1. The van der Waals surface area contributed by atoms with Crippen LogP contribution in [-0.4, -0.2) is 17.2 Å². The van der Waals surface area contributed by atoms with Crippen LogP contribution >= 0.6 is 0 Å². The standard InChI is InChI=1S/C12H14O3/c1-4-9-5-6-11(15-8(2)3)10(7-9)12(13)14/h4-8H,1H2,2-3H3,(H,13,14). The van der Waals surface area contributed by atoms with Crippen LogP contribution in [-0.2, 0) is 0 Å². The third-order valence-electron chi connectivity index (χ3n) is 1.83. The van der Waals surface area contributed by atoms with E-state index in [1.807, 2.05) is 13.8 Å². The van der Waals surface area contributed by atoms with E-state index in [0.29, 0.717) is 5.75 Å². The average molecular weight is 206 g/mol. The lowest BCUT2D eigenvalue weighted by Crippen LogP contribution is -2.09. The predicted molar refractivity (Wildman–Crippen MR) is 59.3 cm³/mol. The van der Waals surface area contributed by atoms with Crippen LogP contribution in [0.3, 0.4) is 0 Å². The third-order valence-corrected chi connectivity index (χ3v) is 1.83. The second-order valence-electron chi connectivity index (χ2n) is 3.43. The molecule has 0 aromatic heterocycles. The minimum absolute atomic E-state index is 0.0438. The highest BCUT2D eigenvalue weighted by Crippen LogP contribution is 2.22. The normalized spacial score (nSPS) is 10.1. The zero-order valence-electron chi connectivity index (χ0n) is 8.86. The molecule has 0 unspecified atom stereocenters. The Labute approximate surface area is 89.0 Å². The van der Waals surface area contributed by atoms with Crippen molar-refractivity contribution < 1.29 is 14.6 Å². The third kappa shape index (κ3) is 2.84. The van der Waals surface area contributed by atoms with Crippen molar-refractivity contribution in [2.24, 2.45) is 0 Å². The molecule has 0 spiro atoms. The molecule has 0 heterocycles. The number of hydrogen-bond donors (Lipinski definition) is 1. The van der Waals surface area contributed by atoms with Crippen molar-refractivity contribution >= 4 is 12.0 Å². The molecule has 1 rings (SSSR count). The fourth-order valence-corrected chi connectivity index (χ4v) is 1.20. The van der Waals surface area contributed by atoms with Gasteiger partial charge >= 0.3 is 5.97 Å². The summed E-state index contributed by atoms with van der Waals surface area (Å²) in [7, 11) is 0. The minimum atomic E-state index is -0.991. The van der Waals surface area contributed by atoms with E-state index in [9.17, 15) is 4.79 Å². The zero-order chi connectivity index (χ0) is 11.4. The number of ether oxygens (including phenoxy) is 1. The highest BCUT2D eigenvalue weighted by atomic mass is 16.5. The first kappa shape index (κ1) is 11.3. The number of carbonyl (C=O) groups is 1. The molecule has 3 nitrogen and oxygen atoms in total. The highest BCUT2D eigenvalue weighted by molar-refractivity contribution is 5.91. The van der Waals surface area contributed by atoms with Crippen LogP contribution in [0.1, 0.15) is 29.8 Å². The van der Waals surface area contributed by atoms with Crippen molar-refractivity contribution in [1.82, 2.24) is 0 Å². The van der Waals surface area contributed by atoms with Gasteiger partial charge in [-0.25, -0.2) is 4.79 Å². The van der Waals surface area contributed by atoms with Gasteiger partial charge in [0.25, 0.3) is 0 Å². The van der Waals surface area contributed by atoms with Gasteiger partial charge in [-0.2, -0.15) is 0 Å². The summed E-state index contributed by atoms with van der Waals surface area (Å²) in [6.45, 7) is 7.30. The van der Waals surface area contributed by atoms with E-state index in [4.69, 9.17) is 9.84 Å². The number of carboxylic acid groups (broad SMARTS) is 1. The molecule has 15 heavy (non-hydrogen) atoms. The Kier molecular flexibility index (Phi) is 3.50. The van der Waals surface area contributed by atoms with E-state index >= 15 is 0 Å². The molecule has 0 saturated heterocycles. The van der Waals surface area contributed by atoms with E-state index in [1.165, 1.54) is 0 Å². The first-order chi connectivity index (χ1) is 7.04. The lowest BCUT2D eigenvalue weighted by molar-refractivity contribution is 0.0690. The lowest BCUT2D eigenvalue weighted by Gasteiger charge is -2.12. The molecule has 0 bridgehead atoms. The maximum atomic E-state index is 11.0. The summed E-state index contributed by atoms with van der Waals surface area (Å²) >= 11 is 0. The quantitative estimate of drug-likeness (QED) is 0.823. The molecule has 0 radical (unpaired) electrons. The van der Waals surface area contributed by atoms with Gasteiger partial charge in [-0.15, -0.1) is 0 Å². The molecular formula is C12H14O3. The molecule has 0 amide bonds. The molecule has 0 saturated carbocycles. The molecule has 0 fully saturated rings. The second-order valence-corrected chi connectivity index (χ2v) is 3.43. The first-order valence-electron chi connectivity index (χ1n) is 4.71. The maximum absolute atomic E-state index is 11.0. The van der Waals surface area contributed by atoms with Gasteiger partial charge in [-0.3, -0.25) is 0 Å². The smallest absolute Gasteiger partial charge is 0.339 e. The molecule has 0 aliphatic heterocycles. The van der Waals surface area contributed by atoms with E-state index in [1.54, 1.807) is 24.3 Å². The first-order valence-corrected chi connectivity index (χ1v) is 4.71. The van der Waals surface area contributed by atoms with Gasteiger partial charge in [-0.05, 0) is 31.5 Å². The molecule has 1 aromatic rings. The summed E-state index contributed by atoms with van der Waals surface area (Å²) < 4.78 is 5.39. The van der Waals surface area contributed by atoms with Crippen molar-refractivity contribution in [1.29, 1.82) is 0 Å². The van der Waals surface area contributed by atoms with Crippen LogP contribution in [0.15, 0.2) is 24.8 Å². The Balaban J connectivity index is 3.14. The van der Waals surface area contributed by atoms with Crippen LogP contribution in [0, 0.1) is 0 Å². The molecular weight excluding hydrogens is 192 g/mol. The van der Waals surface area contributed by atoms with E-state index in [0.717, 1.165) is 5.56 Å². The fraction of sp³-hybridized carbons (Fsp3) is 0.250. The topological polar surface area (TPSA) is 46.5 Å². The number of aromatic carboxylic acids is 1. The van der Waals surface area contributed by atoms with Gasteiger partial charge in [0.2, 0.25) is 0 Å². The molecule has 3 heteroatoms. The van der Waals surface area contributed by atoms with Crippen molar-refractivity contribution in [3.63, 3.8) is 0 Å². The molecule has 0 atom stereocenters. The zero-order valence-corrected chi connectivity index (χ0v) is 8.86. The van der Waals surface area contributed by atoms with Gasteiger partial charge in [0.15, 0.2) is 0 Å². The summed E-state index contributed by atoms with van der Waals surface area (Å²) in [5.74, 6) is -0.600. The van der Waals surface area contributed by atoms with Crippen LogP contribution in [0.5, 0.6) is 5.75 Å². The van der Waals surface area contributed by atoms with Gasteiger partial charge < -0.3 is 9.84 Å². The van der Waals surface area contributed by atoms with Crippen LogP contribution < -0.4 is 4.74 Å². The minimum Gasteiger partial charge on any atom is -0.490 e. The summed E-state index contributed by atoms with van der Waals surface area (Å²) in [5, 5.41) is 8.98. The van der Waals surface area contributed by atoms with Crippen LogP contribution in [0.25, 0.3) is 6.08 Å². The van der Waals surface area contributed by atoms with Crippen molar-refractivity contribution in [2.45, 2.75) is 20.0 Å². The SMILES string of the molecule is C=Cc1ccc(OC(C)C)c(C(=O)O)c1. The number of hydrogen-bond acceptors (Lipinski definition) is 2. The Morgan fingerprint density at radius 1 is 1.53 bits per heavy atom. The summed E-state index contributed by atoms with van der Waals surface area (Å²) in [5.41, 5.74) is 0.935. The molecule has 0 aliphatic rings. The summed E-state index contributed by atoms with van der Waals surface area (Å²) in [6, 6.07) is 4.98. The van der Waals surface area contributed by atoms with Gasteiger partial charge in [0, 0.05) is 0 Å². The molecule has 0 aliphatic carbocycles. The second kappa shape index (κ2) is 4.64. The Hall–Kier alpha value is -1.77. The van der Waals surface area contributed by atoms with E-state index < -0.39 is 5.97 Å². The number of rotatable bonds is 4. The van der Waals surface area contributed by atoms with Crippen molar-refractivity contribution in [3.05, 3.63) is 35.9 Å². The van der Waals surface area contributed by atoms with Gasteiger partial charge in [-0.1, -0.05) is 18.7 Å². The van der Waals surface area contributed by atoms with E-state index in [-0.39, 0.29) is 11.7 Å². The predicted octanol–water partition coefficient (Wildman–Crippen LogP) is 2.82. The van der Waals surface area contributed by atoms with Crippen LogP contribution in [0.4, 0.5) is 0 Å². The monoisotopic (exact) mass is 206 g/mol. The van der Waals surface area contributed by atoms with Gasteiger partial charge in [0.05, 0.1) is 6.10 Å². The Bertz CT molecular complexity index is 380. The van der Waals surface area contributed by atoms with Crippen molar-refractivity contribution in [3.8, 4) is 5.75 Å². The largest absolute Gasteiger partial charge is 0.490 e. The number of benzene rings is 1. The van der Waals surface area contributed by atoms with Crippen LogP contribution in [0.2, 0.25) is 0 Å². The molecule has 80 valence electrons. The lowest BCUT2D eigenvalue weighted by atomic mass is 10.1. The van der Waals surface area contributed by atoms with E-state index in [2.05, 4.69) is 6.58 Å². The fourth-order valence-electron chi connectivity index (χ4n) is 1.20. The van der Waals surface area contributed by atoms with Gasteiger partial charge in [0.1, 0.15) is 11.3 Å². The molecule has 1 N–H and O–H groups in total. The maximum Gasteiger partial charge on any atom is 0.339 e. The molecule has 1 aromatic carbocycles. The van der Waals surface area contributed by atoms with Crippen molar-refractivity contribution in [2.75, 3.05) is 0 Å². The highest BCUT2D eigenvalue weighted by Gasteiger charge is 2.12. The Morgan fingerprint density at radius 3 is 2.67 bits per heavy atom. The Morgan fingerprint density at radius 2 is 2.20 bits per heavy atom.